The van der Waals surface area contributed by atoms with Gasteiger partial charge in [-0.3, -0.25) is 29.0 Å². The number of carbonyl (C=O) groups is 5. The summed E-state index contributed by atoms with van der Waals surface area (Å²) in [6.45, 7) is 17.0. The molecule has 17 heteroatoms. The van der Waals surface area contributed by atoms with E-state index in [1.165, 1.54) is 25.0 Å². The molecule has 1 aliphatic rings. The molecule has 0 aromatic carbocycles. The van der Waals surface area contributed by atoms with Crippen molar-refractivity contribution in [3.05, 3.63) is 60.4 Å². The first-order valence-electron chi connectivity index (χ1n) is 26.8. The van der Waals surface area contributed by atoms with Crippen LogP contribution in [-0.2, 0) is 57.1 Å². The molecule has 0 fully saturated rings. The maximum atomic E-state index is 13.6. The Kier molecular flexibility index (Phi) is 33.7. The number of methoxy groups -OCH3 is 3. The fourth-order valence-corrected chi connectivity index (χ4v) is 9.39. The Morgan fingerprint density at radius 3 is 2.17 bits per heavy atom. The molecule has 0 aliphatic carbocycles. The number of aliphatic hydroxyl groups excluding tert-OH is 2. The number of aliphatic hydroxyl groups is 2. The van der Waals surface area contributed by atoms with Crippen molar-refractivity contribution in [1.29, 1.82) is 0 Å². The minimum absolute atomic E-state index is 0.0286. The number of hydrogen-bond donors (Lipinski definition) is 2. The van der Waals surface area contributed by atoms with Crippen molar-refractivity contribution >= 4 is 30.3 Å². The zero-order chi connectivity index (χ0) is 56.9. The van der Waals surface area contributed by atoms with Crippen LogP contribution in [0.1, 0.15) is 114 Å². The van der Waals surface area contributed by atoms with Gasteiger partial charge in [0.1, 0.15) is 30.5 Å². The molecule has 1 unspecified atom stereocenters. The van der Waals surface area contributed by atoms with E-state index in [0.29, 0.717) is 32.1 Å². The molecule has 1 amide bonds. The van der Waals surface area contributed by atoms with Gasteiger partial charge >= 0.3 is 23.9 Å². The molecule has 16 atom stereocenters. The molecule has 1 aliphatic heterocycles. The summed E-state index contributed by atoms with van der Waals surface area (Å²) in [5.41, 5.74) is 1.10. The zero-order valence-corrected chi connectivity index (χ0v) is 48.7. The van der Waals surface area contributed by atoms with E-state index < -0.39 is 84.3 Å². The van der Waals surface area contributed by atoms with Crippen LogP contribution in [0.15, 0.2) is 60.4 Å². The van der Waals surface area contributed by atoms with E-state index in [2.05, 4.69) is 19.9 Å². The zero-order valence-electron chi connectivity index (χ0n) is 48.7. The molecule has 0 bridgehead atoms. The van der Waals surface area contributed by atoms with Crippen LogP contribution in [0.25, 0.3) is 0 Å². The number of rotatable bonds is 23. The normalized spacial score (nSPS) is 28.4. The molecule has 17 nitrogen and oxygen atoms in total. The highest BCUT2D eigenvalue weighted by atomic mass is 16.6. The number of nitrogens with zero attached hydrogens (tertiary/aromatic N) is 3. The average molecular weight is 1060 g/mol. The van der Waals surface area contributed by atoms with E-state index in [4.69, 9.17) is 33.2 Å². The lowest BCUT2D eigenvalue weighted by molar-refractivity contribution is -0.164. The van der Waals surface area contributed by atoms with Crippen LogP contribution in [0.5, 0.6) is 0 Å². The quantitative estimate of drug-likeness (QED) is 0.0445. The number of esters is 4. The minimum atomic E-state index is -0.967. The van der Waals surface area contributed by atoms with Gasteiger partial charge in [-0.05, 0) is 97.0 Å². The lowest BCUT2D eigenvalue weighted by atomic mass is 9.82. The van der Waals surface area contributed by atoms with Crippen molar-refractivity contribution in [2.75, 3.05) is 69.7 Å². The van der Waals surface area contributed by atoms with Crippen LogP contribution in [0, 0.1) is 41.4 Å². The van der Waals surface area contributed by atoms with Gasteiger partial charge in [-0.2, -0.15) is 0 Å². The van der Waals surface area contributed by atoms with Crippen LogP contribution in [0.2, 0.25) is 0 Å². The standard InChI is InChI=1S/C58H99N3O14/c1-38-26-27-39(2)49(71-17)30-28-40(3)56(67)44(7)51(75-58(68)48(36-69-15)60(12)13)23-19-18-20-25-53(64)73-50(24-21-22-47(34-38)70-16)43(6)55(66)41(4)29-31-52(74-54(65)35-59(10)11)45(8)57(72-46(9)63)42(5)32-33-61(14)37-62/h18-22,25,27,32-33,37-38,40-45,47-52,55-57,66-67H,23-24,26,28-31,34-36H2,1-17H3/b19-18+,22-21+,25-20+,33-32+,39-27+/t38-,40-,41+,42-,43-,44-,45+,47+,48?,49+,50+,51-,52-,55+,56-,57-/m1/s1. The van der Waals surface area contributed by atoms with Crippen LogP contribution in [-0.4, -0.2) is 180 Å². The summed E-state index contributed by atoms with van der Waals surface area (Å²) in [4.78, 5) is 68.8. The van der Waals surface area contributed by atoms with Gasteiger partial charge in [0.25, 0.3) is 0 Å². The average Bonchev–Trinajstić information content (AvgIpc) is 3.36. The highest BCUT2D eigenvalue weighted by Gasteiger charge is 2.37. The summed E-state index contributed by atoms with van der Waals surface area (Å²) in [5.74, 6) is -4.18. The Labute approximate surface area is 451 Å². The highest BCUT2D eigenvalue weighted by Crippen LogP contribution is 2.32. The van der Waals surface area contributed by atoms with Crippen molar-refractivity contribution in [3.63, 3.8) is 0 Å². The highest BCUT2D eigenvalue weighted by molar-refractivity contribution is 5.82. The summed E-state index contributed by atoms with van der Waals surface area (Å²) in [6.07, 6.45) is 15.5. The smallest absolute Gasteiger partial charge is 0.331 e. The van der Waals surface area contributed by atoms with Crippen molar-refractivity contribution < 1.29 is 67.3 Å². The van der Waals surface area contributed by atoms with Crippen molar-refractivity contribution in [1.82, 2.24) is 14.7 Å². The van der Waals surface area contributed by atoms with E-state index in [1.54, 1.807) is 89.8 Å². The third-order valence-corrected chi connectivity index (χ3v) is 14.5. The van der Waals surface area contributed by atoms with Gasteiger partial charge in [0.2, 0.25) is 6.41 Å². The van der Waals surface area contributed by atoms with Crippen molar-refractivity contribution in [2.24, 2.45) is 41.4 Å². The van der Waals surface area contributed by atoms with Gasteiger partial charge in [-0.1, -0.05) is 91.0 Å². The molecule has 0 saturated heterocycles. The molecular weight excluding hydrogens is 963 g/mol. The molecule has 430 valence electrons. The maximum absolute atomic E-state index is 13.6. The largest absolute Gasteiger partial charge is 0.462 e. The number of likely N-dealkylation sites (N-methyl/N-ethyl adjacent to an activating group) is 2. The molecule has 0 saturated carbocycles. The Balaban J connectivity index is 3.67. The monoisotopic (exact) mass is 1060 g/mol. The predicted octanol–water partition coefficient (Wildman–Crippen LogP) is 7.35. The van der Waals surface area contributed by atoms with Crippen LogP contribution >= 0.6 is 0 Å². The summed E-state index contributed by atoms with van der Waals surface area (Å²) in [5, 5.41) is 23.7. The predicted molar refractivity (Wildman–Crippen MR) is 292 cm³/mol. The van der Waals surface area contributed by atoms with Gasteiger partial charge in [-0.15, -0.1) is 0 Å². The number of carbonyl (C=O) groups excluding carboxylic acids is 5. The lowest BCUT2D eigenvalue weighted by Crippen LogP contribution is -2.44. The topological polar surface area (TPSA) is 200 Å². The molecule has 1 rings (SSSR count). The molecule has 0 aromatic heterocycles. The van der Waals surface area contributed by atoms with Gasteiger partial charge in [0, 0.05) is 84.1 Å². The number of allylic oxidation sites excluding steroid dienone is 3. The molecule has 0 spiro atoms. The van der Waals surface area contributed by atoms with Crippen LogP contribution in [0.4, 0.5) is 0 Å². The molecule has 0 aromatic rings. The summed E-state index contributed by atoms with van der Waals surface area (Å²) >= 11 is 0. The number of ether oxygens (including phenoxy) is 7. The fourth-order valence-electron chi connectivity index (χ4n) is 9.39. The summed E-state index contributed by atoms with van der Waals surface area (Å²) in [6, 6.07) is -0.657. The van der Waals surface area contributed by atoms with E-state index in [0.717, 1.165) is 18.4 Å². The second-order valence-corrected chi connectivity index (χ2v) is 21.6. The Bertz CT molecular complexity index is 1830. The first-order chi connectivity index (χ1) is 35.3. The third-order valence-electron chi connectivity index (χ3n) is 14.5. The Morgan fingerprint density at radius 1 is 0.907 bits per heavy atom. The van der Waals surface area contributed by atoms with Crippen LogP contribution in [0.3, 0.4) is 0 Å². The first-order valence-corrected chi connectivity index (χ1v) is 26.8. The van der Waals surface area contributed by atoms with Gasteiger partial charge in [-0.25, -0.2) is 4.79 Å². The molecule has 1 heterocycles. The van der Waals surface area contributed by atoms with E-state index in [9.17, 15) is 34.2 Å². The van der Waals surface area contributed by atoms with E-state index in [-0.39, 0.29) is 61.9 Å². The first kappa shape index (κ1) is 68.8. The van der Waals surface area contributed by atoms with Crippen molar-refractivity contribution in [2.45, 2.75) is 169 Å². The van der Waals surface area contributed by atoms with E-state index >= 15 is 0 Å². The summed E-state index contributed by atoms with van der Waals surface area (Å²) in [7, 11) is 13.5. The third kappa shape index (κ3) is 26.1. The molecule has 75 heavy (non-hydrogen) atoms. The molecular formula is C58H99N3O14. The lowest BCUT2D eigenvalue weighted by Gasteiger charge is -2.35. The molecule has 0 radical (unpaired) electrons. The fraction of sp³-hybridized carbons (Fsp3) is 0.741. The Hall–Kier alpha value is -4.23. The van der Waals surface area contributed by atoms with Crippen molar-refractivity contribution in [3.8, 4) is 0 Å². The minimum Gasteiger partial charge on any atom is -0.462 e. The van der Waals surface area contributed by atoms with Gasteiger partial charge in [0.15, 0.2) is 0 Å². The van der Waals surface area contributed by atoms with Gasteiger partial charge < -0.3 is 48.3 Å². The second kappa shape index (κ2) is 36.7. The number of cyclic esters (lactones) is 1. The maximum Gasteiger partial charge on any atom is 0.331 e. The van der Waals surface area contributed by atoms with E-state index in [1.807, 2.05) is 53.7 Å². The van der Waals surface area contributed by atoms with Crippen LogP contribution < -0.4 is 0 Å². The van der Waals surface area contributed by atoms with Gasteiger partial charge in [0.05, 0.1) is 37.6 Å². The molecule has 2 N–H and O–H groups in total. The summed E-state index contributed by atoms with van der Waals surface area (Å²) < 4.78 is 41.3. The SMILES string of the molecule is COCC(C(=O)O[C@@H]1C/C=C/C=C/C(=O)O[C@H]([C@@H](C)[C@@H](O)[C@@H](C)CC[C@@H](OC(=O)CN(C)C)[C@H](C)[C@H](OC(C)=O)[C@H](C)/C=C/N(C)C=O)C/C=C/[C@H](OC)C[C@H](C)C/C=C(\C)[C@@H](OC)CC[C@@H](C)[C@@H](O)[C@@H]1C)N(C)C. The number of hydrogen-bond acceptors (Lipinski definition) is 16. The second-order valence-electron chi connectivity index (χ2n) is 21.6. The number of amides is 1. The Morgan fingerprint density at radius 2 is 1.59 bits per heavy atom.